The van der Waals surface area contributed by atoms with Crippen LogP contribution in [0.25, 0.3) is 0 Å². The van der Waals surface area contributed by atoms with E-state index in [1.54, 1.807) is 4.90 Å². The molecule has 1 atom stereocenters. The van der Waals surface area contributed by atoms with E-state index >= 15 is 0 Å². The molecule has 2 saturated heterocycles. The number of aromatic amines is 1. The van der Waals surface area contributed by atoms with E-state index in [1.165, 1.54) is 6.07 Å². The molecule has 0 bridgehead atoms. The summed E-state index contributed by atoms with van der Waals surface area (Å²) in [5.74, 6) is 0.576. The molecule has 1 aromatic rings. The van der Waals surface area contributed by atoms with Gasteiger partial charge >= 0.3 is 0 Å². The molecule has 0 unspecified atom stereocenters. The highest BCUT2D eigenvalue weighted by atomic mass is 16.5. The van der Waals surface area contributed by atoms with E-state index in [0.717, 1.165) is 25.8 Å². The Morgan fingerprint density at radius 1 is 1.38 bits per heavy atom. The second kappa shape index (κ2) is 5.38. The monoisotopic (exact) mass is 293 g/mol. The number of carbonyl (C=O) groups is 2. The molecule has 2 N–H and O–H groups in total. The largest absolute Gasteiger partial charge is 0.384 e. The lowest BCUT2D eigenvalue weighted by atomic mass is 9.79. The van der Waals surface area contributed by atoms with Crippen LogP contribution in [0.15, 0.2) is 15.4 Å². The zero-order chi connectivity index (χ0) is 14.9. The number of hydrogen-bond donors (Lipinski definition) is 2. The molecule has 21 heavy (non-hydrogen) atoms. The van der Waals surface area contributed by atoms with Crippen LogP contribution in [0.5, 0.6) is 0 Å². The fourth-order valence-corrected chi connectivity index (χ4v) is 3.24. The number of H-pyrrole nitrogens is 1. The maximum absolute atomic E-state index is 12.2. The fraction of sp³-hybridized carbons (Fsp3) is 0.643. The number of aromatic nitrogens is 1. The Morgan fingerprint density at radius 2 is 2.24 bits per heavy atom. The van der Waals surface area contributed by atoms with E-state index < -0.39 is 0 Å². The Hall–Kier alpha value is -2.05. The molecule has 3 heterocycles. The lowest BCUT2D eigenvalue weighted by molar-refractivity contribution is -0.134. The summed E-state index contributed by atoms with van der Waals surface area (Å²) < 4.78 is 4.93. The van der Waals surface area contributed by atoms with Gasteiger partial charge in [-0.25, -0.2) is 0 Å². The first kappa shape index (κ1) is 13.9. The van der Waals surface area contributed by atoms with E-state index in [2.05, 4.69) is 10.5 Å². The molecular weight excluding hydrogens is 274 g/mol. The van der Waals surface area contributed by atoms with Gasteiger partial charge in [0.25, 0.3) is 5.56 Å². The van der Waals surface area contributed by atoms with Crippen LogP contribution in [0.4, 0.5) is 0 Å². The predicted octanol–water partition coefficient (Wildman–Crippen LogP) is 0.0292. The minimum absolute atomic E-state index is 0.00842. The van der Waals surface area contributed by atoms with Crippen molar-refractivity contribution in [3.63, 3.8) is 0 Å². The van der Waals surface area contributed by atoms with Crippen molar-refractivity contribution >= 4 is 11.8 Å². The number of rotatable bonds is 3. The summed E-state index contributed by atoms with van der Waals surface area (Å²) in [6, 6.07) is 1.35. The Balaban J connectivity index is 1.56. The number of nitrogens with zero attached hydrogens (tertiary/aromatic N) is 1. The van der Waals surface area contributed by atoms with E-state index in [4.69, 9.17) is 4.52 Å². The smallest absolute Gasteiger partial charge is 0.280 e. The van der Waals surface area contributed by atoms with Crippen LogP contribution in [-0.4, -0.2) is 41.5 Å². The minimum atomic E-state index is -0.380. The molecular formula is C14H19N3O4. The second-order valence-corrected chi connectivity index (χ2v) is 5.88. The highest BCUT2D eigenvalue weighted by molar-refractivity contribution is 5.86. The van der Waals surface area contributed by atoms with Crippen LogP contribution in [0.3, 0.4) is 0 Å². The average molecular weight is 293 g/mol. The summed E-state index contributed by atoms with van der Waals surface area (Å²) >= 11 is 0. The van der Waals surface area contributed by atoms with Crippen LogP contribution < -0.4 is 10.9 Å². The molecule has 2 amide bonds. The first-order valence-electron chi connectivity index (χ1n) is 7.33. The van der Waals surface area contributed by atoms with E-state index in [-0.39, 0.29) is 22.8 Å². The van der Waals surface area contributed by atoms with Gasteiger partial charge in [-0.3, -0.25) is 14.4 Å². The number of likely N-dealkylation sites (tertiary alicyclic amines) is 1. The summed E-state index contributed by atoms with van der Waals surface area (Å²) in [5, 5.41) is 5.11. The quantitative estimate of drug-likeness (QED) is 0.822. The number of amides is 2. The Morgan fingerprint density at radius 3 is 2.95 bits per heavy atom. The third-order valence-corrected chi connectivity index (χ3v) is 4.47. The molecule has 114 valence electrons. The van der Waals surface area contributed by atoms with Crippen LogP contribution in [0.2, 0.25) is 0 Å². The van der Waals surface area contributed by atoms with Gasteiger partial charge in [-0.1, -0.05) is 0 Å². The zero-order valence-corrected chi connectivity index (χ0v) is 11.8. The Bertz CT molecular complexity index is 605. The Kier molecular flexibility index (Phi) is 3.57. The highest BCUT2D eigenvalue weighted by Crippen LogP contribution is 2.37. The number of hydrogen-bond acceptors (Lipinski definition) is 4. The van der Waals surface area contributed by atoms with Gasteiger partial charge in [0.05, 0.1) is 5.41 Å². The maximum atomic E-state index is 12.2. The number of nitrogens with one attached hydrogen (secondary N) is 2. The van der Waals surface area contributed by atoms with Gasteiger partial charge in [0.2, 0.25) is 11.8 Å². The van der Waals surface area contributed by atoms with Crippen molar-refractivity contribution in [3.05, 3.63) is 22.2 Å². The summed E-state index contributed by atoms with van der Waals surface area (Å²) in [5.41, 5.74) is -0.675. The third kappa shape index (κ3) is 2.72. The molecule has 3 rings (SSSR count). The van der Waals surface area contributed by atoms with Crippen LogP contribution in [0.1, 0.15) is 31.4 Å². The van der Waals surface area contributed by atoms with Gasteiger partial charge < -0.3 is 14.7 Å². The van der Waals surface area contributed by atoms with Gasteiger partial charge in [0.1, 0.15) is 5.76 Å². The summed E-state index contributed by atoms with van der Waals surface area (Å²) in [6.07, 6.45) is 3.26. The molecule has 2 fully saturated rings. The van der Waals surface area contributed by atoms with Crippen molar-refractivity contribution in [3.8, 4) is 0 Å². The lowest BCUT2D eigenvalue weighted by Crippen LogP contribution is -2.47. The van der Waals surface area contributed by atoms with Gasteiger partial charge in [-0.2, -0.15) is 5.16 Å². The molecule has 0 aliphatic carbocycles. The SMILES string of the molecule is O=C(CCc1cc(=O)[nH]o1)N1CC[C@]2(CCCNC2=O)C1. The predicted molar refractivity (Wildman–Crippen MR) is 73.5 cm³/mol. The molecule has 1 aromatic heterocycles. The topological polar surface area (TPSA) is 95.4 Å². The van der Waals surface area contributed by atoms with E-state index in [1.807, 2.05) is 0 Å². The number of piperidine rings is 1. The molecule has 0 saturated carbocycles. The van der Waals surface area contributed by atoms with Crippen molar-refractivity contribution in [2.45, 2.75) is 32.1 Å². The molecule has 7 nitrogen and oxygen atoms in total. The number of aryl methyl sites for hydroxylation is 1. The fourth-order valence-electron chi connectivity index (χ4n) is 3.24. The normalized spacial score (nSPS) is 25.3. The molecule has 2 aliphatic rings. The minimum Gasteiger partial charge on any atom is -0.384 e. The molecule has 7 heteroatoms. The molecule has 1 spiro atoms. The maximum Gasteiger partial charge on any atom is 0.280 e. The lowest BCUT2D eigenvalue weighted by Gasteiger charge is -2.32. The molecule has 2 aliphatic heterocycles. The second-order valence-electron chi connectivity index (χ2n) is 5.88. The average Bonchev–Trinajstić information content (AvgIpc) is 3.07. The van der Waals surface area contributed by atoms with Gasteiger partial charge in [-0.05, 0) is 19.3 Å². The van der Waals surface area contributed by atoms with Crippen molar-refractivity contribution < 1.29 is 14.1 Å². The van der Waals surface area contributed by atoms with E-state index in [0.29, 0.717) is 31.7 Å². The molecule has 0 aromatic carbocycles. The summed E-state index contributed by atoms with van der Waals surface area (Å²) in [6.45, 7) is 1.87. The zero-order valence-electron chi connectivity index (χ0n) is 11.8. The third-order valence-electron chi connectivity index (χ3n) is 4.47. The standard InChI is InChI=1S/C14H19N3O4/c18-11-8-10(21-16-11)2-3-12(19)17-7-5-14(9-17)4-1-6-15-13(14)20/h8H,1-7,9H2,(H,15,20)(H,16,18)/t14-/m1/s1. The van der Waals surface area contributed by atoms with Crippen LogP contribution in [0, 0.1) is 5.41 Å². The summed E-state index contributed by atoms with van der Waals surface area (Å²) in [7, 11) is 0. The van der Waals surface area contributed by atoms with Crippen molar-refractivity contribution in [2.75, 3.05) is 19.6 Å². The van der Waals surface area contributed by atoms with Crippen molar-refractivity contribution in [2.24, 2.45) is 5.41 Å². The molecule has 0 radical (unpaired) electrons. The van der Waals surface area contributed by atoms with Crippen molar-refractivity contribution in [1.82, 2.24) is 15.4 Å². The first-order valence-corrected chi connectivity index (χ1v) is 7.33. The van der Waals surface area contributed by atoms with E-state index in [9.17, 15) is 14.4 Å². The van der Waals surface area contributed by atoms with Crippen LogP contribution in [-0.2, 0) is 16.0 Å². The number of carbonyl (C=O) groups excluding carboxylic acids is 2. The van der Waals surface area contributed by atoms with Gasteiger partial charge in [-0.15, -0.1) is 0 Å². The Labute approximate surface area is 121 Å². The van der Waals surface area contributed by atoms with Crippen LogP contribution >= 0.6 is 0 Å². The van der Waals surface area contributed by atoms with Gasteiger partial charge in [0, 0.05) is 38.5 Å². The van der Waals surface area contributed by atoms with Gasteiger partial charge in [0.15, 0.2) is 0 Å². The highest BCUT2D eigenvalue weighted by Gasteiger charge is 2.46. The first-order chi connectivity index (χ1) is 10.1. The summed E-state index contributed by atoms with van der Waals surface area (Å²) in [4.78, 5) is 37.0. The van der Waals surface area contributed by atoms with Crippen molar-refractivity contribution in [1.29, 1.82) is 0 Å².